The van der Waals surface area contributed by atoms with Crippen LogP contribution >= 0.6 is 11.8 Å². The van der Waals surface area contributed by atoms with Crippen molar-refractivity contribution in [3.05, 3.63) is 29.3 Å². The normalized spacial score (nSPS) is 12.5. The van der Waals surface area contributed by atoms with E-state index in [4.69, 9.17) is 0 Å². The van der Waals surface area contributed by atoms with Gasteiger partial charge >= 0.3 is 0 Å². The molecule has 0 saturated carbocycles. The van der Waals surface area contributed by atoms with Crippen molar-refractivity contribution in [2.45, 2.75) is 77.4 Å². The summed E-state index contributed by atoms with van der Waals surface area (Å²) in [6, 6.07) is 5.95. The maximum absolute atomic E-state index is 9.90. The van der Waals surface area contributed by atoms with Crippen LogP contribution in [0.15, 0.2) is 18.2 Å². The summed E-state index contributed by atoms with van der Waals surface area (Å²) in [4.78, 5) is 0. The molecule has 21 heavy (non-hydrogen) atoms. The molecule has 1 atom stereocenters. The molecule has 2 heteroatoms. The number of rotatable bonds is 11. The predicted octanol–water partition coefficient (Wildman–Crippen LogP) is 6.64. The molecule has 0 amide bonds. The molecule has 120 valence electrons. The third-order valence-electron chi connectivity index (χ3n) is 4.06. The summed E-state index contributed by atoms with van der Waals surface area (Å²) in [7, 11) is 0. The zero-order valence-corrected chi connectivity index (χ0v) is 14.8. The van der Waals surface area contributed by atoms with Crippen LogP contribution in [0.4, 0.5) is 0 Å². The predicted molar refractivity (Wildman–Crippen MR) is 96.3 cm³/mol. The first kappa shape index (κ1) is 18.4. The van der Waals surface area contributed by atoms with Crippen molar-refractivity contribution in [1.29, 1.82) is 0 Å². The van der Waals surface area contributed by atoms with Crippen LogP contribution in [0.3, 0.4) is 0 Å². The van der Waals surface area contributed by atoms with Gasteiger partial charge in [-0.15, -0.1) is 0 Å². The lowest BCUT2D eigenvalue weighted by Crippen LogP contribution is -1.99. The van der Waals surface area contributed by atoms with Crippen molar-refractivity contribution in [2.24, 2.45) is 0 Å². The number of hydrogen-bond acceptors (Lipinski definition) is 2. The minimum atomic E-state index is 0.439. The Hall–Kier alpha value is -0.630. The summed E-state index contributed by atoms with van der Waals surface area (Å²) in [6.07, 6.45) is 10.6. The van der Waals surface area contributed by atoms with Crippen LogP contribution in [0.1, 0.15) is 81.6 Å². The van der Waals surface area contributed by atoms with Crippen LogP contribution < -0.4 is 0 Å². The maximum Gasteiger partial charge on any atom is 0.118 e. The molecule has 0 saturated heterocycles. The van der Waals surface area contributed by atoms with Crippen LogP contribution in [0.5, 0.6) is 5.75 Å². The summed E-state index contributed by atoms with van der Waals surface area (Å²) >= 11 is 2.07. The summed E-state index contributed by atoms with van der Waals surface area (Å²) in [6.45, 7) is 6.55. The zero-order chi connectivity index (χ0) is 15.5. The topological polar surface area (TPSA) is 20.2 Å². The highest BCUT2D eigenvalue weighted by Gasteiger charge is 2.14. The number of thioether (sulfide) groups is 1. The molecule has 0 spiro atoms. The van der Waals surface area contributed by atoms with Gasteiger partial charge in [-0.2, -0.15) is 11.8 Å². The molecule has 0 fully saturated rings. The Morgan fingerprint density at radius 3 is 2.43 bits per heavy atom. The molecule has 1 N–H and O–H groups in total. The molecule has 0 radical (unpaired) electrons. The average Bonchev–Trinajstić information content (AvgIpc) is 2.48. The van der Waals surface area contributed by atoms with Crippen molar-refractivity contribution >= 4 is 11.8 Å². The molecule has 1 nitrogen and oxygen atoms in total. The molecule has 1 aromatic rings. The number of hydrogen-bond donors (Lipinski definition) is 1. The summed E-state index contributed by atoms with van der Waals surface area (Å²) in [5.74, 6) is 1.68. The molecular weight excluding hydrogens is 276 g/mol. The highest BCUT2D eigenvalue weighted by molar-refractivity contribution is 7.99. The molecule has 0 aromatic heterocycles. The number of benzene rings is 1. The Morgan fingerprint density at radius 1 is 1.00 bits per heavy atom. The molecule has 0 bridgehead atoms. The second kappa shape index (κ2) is 11.0. The van der Waals surface area contributed by atoms with Gasteiger partial charge in [0.15, 0.2) is 0 Å². The summed E-state index contributed by atoms with van der Waals surface area (Å²) < 4.78 is 0. The Morgan fingerprint density at radius 2 is 1.71 bits per heavy atom. The van der Waals surface area contributed by atoms with Crippen molar-refractivity contribution in [3.8, 4) is 5.75 Å². The fraction of sp³-hybridized carbons (Fsp3) is 0.684. The Kier molecular flexibility index (Phi) is 9.65. The van der Waals surface area contributed by atoms with Crippen LogP contribution in [0, 0.1) is 6.92 Å². The smallest absolute Gasteiger partial charge is 0.118 e. The molecular formula is C19H32OS. The van der Waals surface area contributed by atoms with E-state index in [0.717, 1.165) is 5.56 Å². The highest BCUT2D eigenvalue weighted by Crippen LogP contribution is 2.37. The zero-order valence-electron chi connectivity index (χ0n) is 14.0. The standard InChI is InChI=1S/C19H32OS/c1-4-6-7-8-9-10-15-21-19(12-5-2)17-13-11-14-18(20)16(17)3/h11,13-14,19-20H,4-10,12,15H2,1-3H3. The lowest BCUT2D eigenvalue weighted by Gasteiger charge is -2.19. The molecule has 0 aliphatic heterocycles. The fourth-order valence-electron chi connectivity index (χ4n) is 2.69. The van der Waals surface area contributed by atoms with Gasteiger partial charge < -0.3 is 5.11 Å². The lowest BCUT2D eigenvalue weighted by atomic mass is 10.0. The average molecular weight is 309 g/mol. The van der Waals surface area contributed by atoms with E-state index in [2.05, 4.69) is 31.7 Å². The minimum absolute atomic E-state index is 0.439. The SMILES string of the molecule is CCCCCCCCSC(CCC)c1cccc(O)c1C. The van der Waals surface area contributed by atoms with Crippen molar-refractivity contribution in [1.82, 2.24) is 0 Å². The van der Waals surface area contributed by atoms with E-state index in [9.17, 15) is 5.11 Å². The van der Waals surface area contributed by atoms with E-state index in [1.807, 2.05) is 13.0 Å². The summed E-state index contributed by atoms with van der Waals surface area (Å²) in [5.41, 5.74) is 2.39. The monoisotopic (exact) mass is 308 g/mol. The first-order valence-electron chi connectivity index (χ1n) is 8.60. The van der Waals surface area contributed by atoms with Crippen LogP contribution in [0.2, 0.25) is 0 Å². The lowest BCUT2D eigenvalue weighted by molar-refractivity contribution is 0.470. The number of phenols is 1. The maximum atomic E-state index is 9.90. The third-order valence-corrected chi connectivity index (χ3v) is 5.48. The quantitative estimate of drug-likeness (QED) is 0.463. The van der Waals surface area contributed by atoms with E-state index in [0.29, 0.717) is 11.0 Å². The molecule has 0 aliphatic carbocycles. The van der Waals surface area contributed by atoms with Gasteiger partial charge in [0.05, 0.1) is 0 Å². The Bertz CT molecular complexity index is 389. The Balaban J connectivity index is 2.41. The number of phenolic OH excluding ortho intramolecular Hbond substituents is 1. The first-order valence-corrected chi connectivity index (χ1v) is 9.65. The highest BCUT2D eigenvalue weighted by atomic mass is 32.2. The van der Waals surface area contributed by atoms with Gasteiger partial charge in [-0.1, -0.05) is 64.5 Å². The van der Waals surface area contributed by atoms with Gasteiger partial charge in [0.2, 0.25) is 0 Å². The minimum Gasteiger partial charge on any atom is -0.508 e. The van der Waals surface area contributed by atoms with Gasteiger partial charge in [-0.25, -0.2) is 0 Å². The van der Waals surface area contributed by atoms with Gasteiger partial charge in [0.25, 0.3) is 0 Å². The van der Waals surface area contributed by atoms with Crippen molar-refractivity contribution in [3.63, 3.8) is 0 Å². The van der Waals surface area contributed by atoms with E-state index >= 15 is 0 Å². The second-order valence-electron chi connectivity index (χ2n) is 5.91. The molecule has 1 unspecified atom stereocenters. The fourth-order valence-corrected chi connectivity index (χ4v) is 4.18. The molecule has 0 heterocycles. The van der Waals surface area contributed by atoms with E-state index in [1.165, 1.54) is 62.7 Å². The molecule has 1 rings (SSSR count). The molecule has 0 aliphatic rings. The van der Waals surface area contributed by atoms with Crippen molar-refractivity contribution < 1.29 is 5.11 Å². The molecule has 1 aromatic carbocycles. The van der Waals surface area contributed by atoms with E-state index < -0.39 is 0 Å². The van der Waals surface area contributed by atoms with Gasteiger partial charge in [-0.05, 0) is 42.7 Å². The van der Waals surface area contributed by atoms with Gasteiger partial charge in [0.1, 0.15) is 5.75 Å². The van der Waals surface area contributed by atoms with E-state index in [1.54, 1.807) is 6.07 Å². The number of aromatic hydroxyl groups is 1. The van der Waals surface area contributed by atoms with Gasteiger partial charge in [-0.3, -0.25) is 0 Å². The van der Waals surface area contributed by atoms with Crippen LogP contribution in [-0.4, -0.2) is 10.9 Å². The van der Waals surface area contributed by atoms with Gasteiger partial charge in [0, 0.05) is 5.25 Å². The number of unbranched alkanes of at least 4 members (excludes halogenated alkanes) is 5. The third kappa shape index (κ3) is 6.78. The second-order valence-corrected chi connectivity index (χ2v) is 7.22. The van der Waals surface area contributed by atoms with Crippen LogP contribution in [0.25, 0.3) is 0 Å². The van der Waals surface area contributed by atoms with E-state index in [-0.39, 0.29) is 0 Å². The van der Waals surface area contributed by atoms with Crippen molar-refractivity contribution in [2.75, 3.05) is 5.75 Å². The Labute approximate surface area is 135 Å². The largest absolute Gasteiger partial charge is 0.508 e. The first-order chi connectivity index (χ1) is 10.2. The van der Waals surface area contributed by atoms with Crippen LogP contribution in [-0.2, 0) is 0 Å². The summed E-state index contributed by atoms with van der Waals surface area (Å²) in [5, 5.41) is 10.4.